The summed E-state index contributed by atoms with van der Waals surface area (Å²) in [5.41, 5.74) is 10.9. The minimum absolute atomic E-state index is 0.430. The predicted molar refractivity (Wildman–Crippen MR) is 81.1 cm³/mol. The number of nitrogens with one attached hydrogen (secondary N) is 2. The highest BCUT2D eigenvalue weighted by molar-refractivity contribution is 5.32. The van der Waals surface area contributed by atoms with Crippen LogP contribution in [0.15, 0.2) is 18.2 Å². The fourth-order valence-electron chi connectivity index (χ4n) is 2.83. The van der Waals surface area contributed by atoms with E-state index in [1.165, 1.54) is 16.7 Å². The first-order chi connectivity index (χ1) is 9.15. The Morgan fingerprint density at radius 1 is 1.16 bits per heavy atom. The molecule has 2 rings (SSSR count). The van der Waals surface area contributed by atoms with Crippen LogP contribution in [0, 0.1) is 19.8 Å². The van der Waals surface area contributed by atoms with Crippen LogP contribution in [0.4, 0.5) is 0 Å². The third-order valence-corrected chi connectivity index (χ3v) is 4.37. The fraction of sp³-hybridized carbons (Fsp3) is 0.625. The van der Waals surface area contributed by atoms with Crippen molar-refractivity contribution in [2.45, 2.75) is 33.7 Å². The van der Waals surface area contributed by atoms with E-state index in [9.17, 15) is 0 Å². The lowest BCUT2D eigenvalue weighted by Crippen LogP contribution is -2.32. The van der Waals surface area contributed by atoms with Crippen LogP contribution in [-0.4, -0.2) is 31.1 Å². The van der Waals surface area contributed by atoms with Crippen molar-refractivity contribution in [2.75, 3.05) is 26.2 Å². The van der Waals surface area contributed by atoms with Crippen LogP contribution in [0.3, 0.4) is 0 Å². The average Bonchev–Trinajstić information content (AvgIpc) is 2.87. The van der Waals surface area contributed by atoms with Gasteiger partial charge < -0.3 is 4.90 Å². The van der Waals surface area contributed by atoms with Crippen LogP contribution in [-0.2, 0) is 0 Å². The molecule has 1 fully saturated rings. The van der Waals surface area contributed by atoms with E-state index < -0.39 is 0 Å². The van der Waals surface area contributed by atoms with Crippen LogP contribution in [0.25, 0.3) is 0 Å². The quantitative estimate of drug-likeness (QED) is 0.852. The lowest BCUT2D eigenvalue weighted by Gasteiger charge is -2.26. The zero-order valence-corrected chi connectivity index (χ0v) is 12.7. The molecule has 0 saturated carbocycles. The van der Waals surface area contributed by atoms with E-state index in [1.54, 1.807) is 0 Å². The SMILES string of the molecule is CCN(CC)CC1CNNC1c1ccc(C)c(C)c1. The van der Waals surface area contributed by atoms with Crippen molar-refractivity contribution in [2.24, 2.45) is 5.92 Å². The monoisotopic (exact) mass is 261 g/mol. The van der Waals surface area contributed by atoms with E-state index in [0.717, 1.165) is 26.2 Å². The zero-order chi connectivity index (χ0) is 13.8. The molecule has 0 radical (unpaired) electrons. The molecule has 0 aliphatic carbocycles. The Labute approximate surface area is 117 Å². The minimum atomic E-state index is 0.430. The molecule has 2 N–H and O–H groups in total. The van der Waals surface area contributed by atoms with Crippen LogP contribution in [0.5, 0.6) is 0 Å². The maximum atomic E-state index is 3.45. The van der Waals surface area contributed by atoms with Crippen molar-refractivity contribution in [3.8, 4) is 0 Å². The molecule has 0 aromatic heterocycles. The Kier molecular flexibility index (Phi) is 4.97. The van der Waals surface area contributed by atoms with Gasteiger partial charge in [-0.2, -0.15) is 0 Å². The zero-order valence-electron chi connectivity index (χ0n) is 12.7. The molecule has 1 aliphatic rings. The largest absolute Gasteiger partial charge is 0.303 e. The van der Waals surface area contributed by atoms with E-state index in [1.807, 2.05) is 0 Å². The predicted octanol–water partition coefficient (Wildman–Crippen LogP) is 2.41. The standard InChI is InChI=1S/C16H27N3/c1-5-19(6-2)11-15-10-17-18-16(15)14-8-7-12(3)13(4)9-14/h7-9,15-18H,5-6,10-11H2,1-4H3. The van der Waals surface area contributed by atoms with Crippen molar-refractivity contribution in [3.63, 3.8) is 0 Å². The van der Waals surface area contributed by atoms with Gasteiger partial charge in [-0.15, -0.1) is 0 Å². The molecule has 0 spiro atoms. The molecule has 1 heterocycles. The third kappa shape index (κ3) is 3.35. The van der Waals surface area contributed by atoms with E-state index >= 15 is 0 Å². The Morgan fingerprint density at radius 3 is 2.53 bits per heavy atom. The lowest BCUT2D eigenvalue weighted by atomic mass is 9.92. The molecule has 19 heavy (non-hydrogen) atoms. The van der Waals surface area contributed by atoms with Gasteiger partial charge in [0.1, 0.15) is 0 Å². The molecular formula is C16H27N3. The number of aryl methyl sites for hydroxylation is 2. The van der Waals surface area contributed by atoms with Gasteiger partial charge >= 0.3 is 0 Å². The molecular weight excluding hydrogens is 234 g/mol. The Balaban J connectivity index is 2.11. The van der Waals surface area contributed by atoms with Crippen LogP contribution < -0.4 is 10.9 Å². The van der Waals surface area contributed by atoms with Gasteiger partial charge in [0, 0.05) is 19.0 Å². The first-order valence-electron chi connectivity index (χ1n) is 7.43. The van der Waals surface area contributed by atoms with Gasteiger partial charge in [0.05, 0.1) is 6.04 Å². The van der Waals surface area contributed by atoms with Crippen LogP contribution >= 0.6 is 0 Å². The second kappa shape index (κ2) is 6.51. The highest BCUT2D eigenvalue weighted by Gasteiger charge is 2.29. The molecule has 1 aromatic rings. The molecule has 2 unspecified atom stereocenters. The molecule has 0 bridgehead atoms. The van der Waals surface area contributed by atoms with Gasteiger partial charge in [0.15, 0.2) is 0 Å². The molecule has 1 aromatic carbocycles. The van der Waals surface area contributed by atoms with E-state index in [-0.39, 0.29) is 0 Å². The Hall–Kier alpha value is -0.900. The number of hydrogen-bond donors (Lipinski definition) is 2. The summed E-state index contributed by atoms with van der Waals surface area (Å²) in [4.78, 5) is 2.51. The van der Waals surface area contributed by atoms with Crippen molar-refractivity contribution < 1.29 is 0 Å². The maximum Gasteiger partial charge on any atom is 0.0515 e. The summed E-state index contributed by atoms with van der Waals surface area (Å²) in [6, 6.07) is 7.26. The Morgan fingerprint density at radius 2 is 1.89 bits per heavy atom. The Bertz CT molecular complexity index is 412. The van der Waals surface area contributed by atoms with Gasteiger partial charge in [0.2, 0.25) is 0 Å². The van der Waals surface area contributed by atoms with Gasteiger partial charge in [-0.1, -0.05) is 32.0 Å². The van der Waals surface area contributed by atoms with Gasteiger partial charge in [-0.25, -0.2) is 5.43 Å². The van der Waals surface area contributed by atoms with Gasteiger partial charge in [-0.3, -0.25) is 5.43 Å². The first-order valence-corrected chi connectivity index (χ1v) is 7.43. The highest BCUT2D eigenvalue weighted by atomic mass is 15.4. The normalized spacial score (nSPS) is 23.2. The van der Waals surface area contributed by atoms with Crippen molar-refractivity contribution in [3.05, 3.63) is 34.9 Å². The lowest BCUT2D eigenvalue weighted by molar-refractivity contribution is 0.246. The summed E-state index contributed by atoms with van der Waals surface area (Å²) in [6.45, 7) is 13.3. The summed E-state index contributed by atoms with van der Waals surface area (Å²) in [5, 5.41) is 0. The molecule has 1 aliphatic heterocycles. The molecule has 2 atom stereocenters. The highest BCUT2D eigenvalue weighted by Crippen LogP contribution is 2.27. The number of benzene rings is 1. The van der Waals surface area contributed by atoms with E-state index in [4.69, 9.17) is 0 Å². The number of nitrogens with zero attached hydrogens (tertiary/aromatic N) is 1. The van der Waals surface area contributed by atoms with Gasteiger partial charge in [-0.05, 0) is 43.6 Å². The number of rotatable bonds is 5. The number of hydrazine groups is 1. The topological polar surface area (TPSA) is 27.3 Å². The summed E-state index contributed by atoms with van der Waals surface area (Å²) >= 11 is 0. The molecule has 3 nitrogen and oxygen atoms in total. The van der Waals surface area contributed by atoms with Crippen molar-refractivity contribution in [1.29, 1.82) is 0 Å². The summed E-state index contributed by atoms with van der Waals surface area (Å²) in [7, 11) is 0. The van der Waals surface area contributed by atoms with E-state index in [0.29, 0.717) is 12.0 Å². The summed E-state index contributed by atoms with van der Waals surface area (Å²) in [5.74, 6) is 0.641. The molecule has 3 heteroatoms. The van der Waals surface area contributed by atoms with E-state index in [2.05, 4.69) is 61.6 Å². The van der Waals surface area contributed by atoms with Crippen LogP contribution in [0.2, 0.25) is 0 Å². The maximum absolute atomic E-state index is 3.45. The fourth-order valence-corrected chi connectivity index (χ4v) is 2.83. The summed E-state index contributed by atoms with van der Waals surface area (Å²) in [6.07, 6.45) is 0. The third-order valence-electron chi connectivity index (χ3n) is 4.37. The molecule has 1 saturated heterocycles. The summed E-state index contributed by atoms with van der Waals surface area (Å²) < 4.78 is 0. The van der Waals surface area contributed by atoms with Crippen molar-refractivity contribution >= 4 is 0 Å². The smallest absolute Gasteiger partial charge is 0.0515 e. The minimum Gasteiger partial charge on any atom is -0.303 e. The molecule has 106 valence electrons. The van der Waals surface area contributed by atoms with Gasteiger partial charge in [0.25, 0.3) is 0 Å². The second-order valence-electron chi connectivity index (χ2n) is 5.59. The second-order valence-corrected chi connectivity index (χ2v) is 5.59. The molecule has 0 amide bonds. The number of hydrogen-bond acceptors (Lipinski definition) is 3. The van der Waals surface area contributed by atoms with Crippen LogP contribution in [0.1, 0.15) is 36.6 Å². The first kappa shape index (κ1) is 14.5. The average molecular weight is 261 g/mol. The van der Waals surface area contributed by atoms with Crippen molar-refractivity contribution in [1.82, 2.24) is 15.8 Å².